The van der Waals surface area contributed by atoms with Gasteiger partial charge < -0.3 is 4.90 Å². The zero-order valence-electron chi connectivity index (χ0n) is 12.9. The van der Waals surface area contributed by atoms with Gasteiger partial charge in [-0.25, -0.2) is 9.37 Å². The first-order valence-corrected chi connectivity index (χ1v) is 7.67. The summed E-state index contributed by atoms with van der Waals surface area (Å²) < 4.78 is 50.9. The fourth-order valence-corrected chi connectivity index (χ4v) is 2.77. The van der Waals surface area contributed by atoms with Crippen molar-refractivity contribution in [3.05, 3.63) is 59.5 Å². The third kappa shape index (κ3) is 4.03. The lowest BCUT2D eigenvalue weighted by Gasteiger charge is -2.35. The molecule has 1 aromatic heterocycles. The minimum atomic E-state index is -4.37. The van der Waals surface area contributed by atoms with Crippen molar-refractivity contribution in [2.45, 2.75) is 12.7 Å². The zero-order chi connectivity index (χ0) is 17.2. The molecule has 1 aromatic carbocycles. The van der Waals surface area contributed by atoms with E-state index < -0.39 is 11.7 Å². The van der Waals surface area contributed by atoms with E-state index in [9.17, 15) is 17.6 Å². The van der Waals surface area contributed by atoms with E-state index in [4.69, 9.17) is 0 Å². The van der Waals surface area contributed by atoms with Crippen LogP contribution < -0.4 is 4.90 Å². The highest BCUT2D eigenvalue weighted by molar-refractivity contribution is 5.40. The Hall–Kier alpha value is -2.15. The molecule has 1 saturated heterocycles. The van der Waals surface area contributed by atoms with Gasteiger partial charge in [-0.1, -0.05) is 12.1 Å². The smallest absolute Gasteiger partial charge is 0.354 e. The number of pyridine rings is 1. The number of hydrogen-bond acceptors (Lipinski definition) is 3. The Morgan fingerprint density at radius 3 is 2.33 bits per heavy atom. The van der Waals surface area contributed by atoms with Gasteiger partial charge >= 0.3 is 6.18 Å². The van der Waals surface area contributed by atoms with Gasteiger partial charge in [0.05, 0.1) is 5.56 Å². The van der Waals surface area contributed by atoms with E-state index in [-0.39, 0.29) is 5.82 Å². The van der Waals surface area contributed by atoms with Gasteiger partial charge in [0.25, 0.3) is 0 Å². The highest BCUT2D eigenvalue weighted by Gasteiger charge is 2.31. The molecule has 0 N–H and O–H groups in total. The predicted molar refractivity (Wildman–Crippen MR) is 83.1 cm³/mol. The van der Waals surface area contributed by atoms with Gasteiger partial charge in [-0.2, -0.15) is 13.2 Å². The summed E-state index contributed by atoms with van der Waals surface area (Å²) in [5.41, 5.74) is 0.173. The second-order valence-electron chi connectivity index (χ2n) is 5.80. The number of anilines is 1. The molecular weight excluding hydrogens is 322 g/mol. The molecule has 2 heterocycles. The minimum absolute atomic E-state index is 0.250. The van der Waals surface area contributed by atoms with Crippen molar-refractivity contribution in [1.82, 2.24) is 9.88 Å². The lowest BCUT2D eigenvalue weighted by molar-refractivity contribution is -0.137. The molecule has 3 nitrogen and oxygen atoms in total. The van der Waals surface area contributed by atoms with Crippen LogP contribution in [-0.2, 0) is 12.7 Å². The Balaban J connectivity index is 1.57. The van der Waals surface area contributed by atoms with Crippen LogP contribution in [0.2, 0.25) is 0 Å². The van der Waals surface area contributed by atoms with Gasteiger partial charge in [0.1, 0.15) is 11.6 Å². The number of aromatic nitrogens is 1. The molecule has 3 rings (SSSR count). The average Bonchev–Trinajstić information content (AvgIpc) is 2.55. The first-order chi connectivity index (χ1) is 11.4. The summed E-state index contributed by atoms with van der Waals surface area (Å²) in [5, 5.41) is 0. The van der Waals surface area contributed by atoms with Gasteiger partial charge in [-0.05, 0) is 29.8 Å². The fraction of sp³-hybridized carbons (Fsp3) is 0.353. The molecule has 128 valence electrons. The quantitative estimate of drug-likeness (QED) is 0.797. The van der Waals surface area contributed by atoms with Crippen LogP contribution in [0.1, 0.15) is 11.1 Å². The highest BCUT2D eigenvalue weighted by atomic mass is 19.4. The maximum atomic E-state index is 13.2. The van der Waals surface area contributed by atoms with Gasteiger partial charge in [0.2, 0.25) is 0 Å². The summed E-state index contributed by atoms with van der Waals surface area (Å²) in [6, 6.07) is 8.97. The molecule has 0 aliphatic carbocycles. The Labute approximate surface area is 137 Å². The third-order valence-corrected chi connectivity index (χ3v) is 4.07. The summed E-state index contributed by atoms with van der Waals surface area (Å²) in [5.74, 6) is 0.300. The van der Waals surface area contributed by atoms with Gasteiger partial charge in [-0.15, -0.1) is 0 Å². The fourth-order valence-electron chi connectivity index (χ4n) is 2.77. The van der Waals surface area contributed by atoms with E-state index in [0.717, 1.165) is 30.9 Å². The SMILES string of the molecule is Fc1cccc(CN2CCN(c3ccc(C(F)(F)F)cn3)CC2)c1. The number of benzene rings is 1. The predicted octanol–water partition coefficient (Wildman–Crippen LogP) is 3.56. The topological polar surface area (TPSA) is 19.4 Å². The second kappa shape index (κ2) is 6.76. The van der Waals surface area contributed by atoms with E-state index in [2.05, 4.69) is 9.88 Å². The lowest BCUT2D eigenvalue weighted by Crippen LogP contribution is -2.46. The molecule has 0 saturated carbocycles. The Morgan fingerprint density at radius 2 is 1.75 bits per heavy atom. The van der Waals surface area contributed by atoms with Crippen LogP contribution >= 0.6 is 0 Å². The maximum absolute atomic E-state index is 13.2. The van der Waals surface area contributed by atoms with E-state index in [0.29, 0.717) is 25.5 Å². The largest absolute Gasteiger partial charge is 0.417 e. The number of piperazine rings is 1. The molecule has 24 heavy (non-hydrogen) atoms. The van der Waals surface area contributed by atoms with Gasteiger partial charge in [-0.3, -0.25) is 4.90 Å². The van der Waals surface area contributed by atoms with E-state index in [1.54, 1.807) is 6.07 Å². The number of halogens is 4. The third-order valence-electron chi connectivity index (χ3n) is 4.07. The van der Waals surface area contributed by atoms with Crippen LogP contribution in [0.15, 0.2) is 42.6 Å². The van der Waals surface area contributed by atoms with Crippen molar-refractivity contribution in [2.75, 3.05) is 31.1 Å². The van der Waals surface area contributed by atoms with Crippen molar-refractivity contribution in [2.24, 2.45) is 0 Å². The van der Waals surface area contributed by atoms with Crippen LogP contribution in [0.3, 0.4) is 0 Å². The van der Waals surface area contributed by atoms with Gasteiger partial charge in [0.15, 0.2) is 0 Å². The van der Waals surface area contributed by atoms with Crippen molar-refractivity contribution < 1.29 is 17.6 Å². The first-order valence-electron chi connectivity index (χ1n) is 7.67. The second-order valence-corrected chi connectivity index (χ2v) is 5.80. The minimum Gasteiger partial charge on any atom is -0.354 e. The molecule has 1 fully saturated rings. The number of nitrogens with zero attached hydrogens (tertiary/aromatic N) is 3. The molecule has 0 radical (unpaired) electrons. The molecule has 0 unspecified atom stereocenters. The van der Waals surface area contributed by atoms with E-state index in [1.165, 1.54) is 18.2 Å². The van der Waals surface area contributed by atoms with Crippen LogP contribution in [0, 0.1) is 5.82 Å². The summed E-state index contributed by atoms with van der Waals surface area (Å²) in [4.78, 5) is 8.08. The Bertz CT molecular complexity index is 677. The van der Waals surface area contributed by atoms with Gasteiger partial charge in [0, 0.05) is 38.9 Å². The van der Waals surface area contributed by atoms with E-state index in [1.807, 2.05) is 11.0 Å². The van der Waals surface area contributed by atoms with Crippen LogP contribution in [0.5, 0.6) is 0 Å². The van der Waals surface area contributed by atoms with Crippen LogP contribution in [0.25, 0.3) is 0 Å². The summed E-state index contributed by atoms with van der Waals surface area (Å²) >= 11 is 0. The maximum Gasteiger partial charge on any atom is 0.417 e. The molecule has 0 spiro atoms. The average molecular weight is 339 g/mol. The van der Waals surface area contributed by atoms with E-state index >= 15 is 0 Å². The first kappa shape index (κ1) is 16.7. The molecule has 2 aromatic rings. The Kier molecular flexibility index (Phi) is 4.71. The summed E-state index contributed by atoms with van der Waals surface area (Å²) in [7, 11) is 0. The van der Waals surface area contributed by atoms with Crippen LogP contribution in [0.4, 0.5) is 23.4 Å². The summed E-state index contributed by atoms with van der Waals surface area (Å²) in [6.45, 7) is 3.51. The monoisotopic (exact) mass is 339 g/mol. The number of alkyl halides is 3. The number of rotatable bonds is 3. The summed E-state index contributed by atoms with van der Waals surface area (Å²) in [6.07, 6.45) is -3.50. The normalized spacial score (nSPS) is 16.4. The number of hydrogen-bond donors (Lipinski definition) is 0. The van der Waals surface area contributed by atoms with Crippen molar-refractivity contribution in [3.8, 4) is 0 Å². The highest BCUT2D eigenvalue weighted by Crippen LogP contribution is 2.29. The standard InChI is InChI=1S/C17H17F4N3/c18-15-3-1-2-13(10-15)12-23-6-8-24(9-7-23)16-5-4-14(11-22-16)17(19,20)21/h1-5,10-11H,6-9,12H2. The molecule has 1 aliphatic rings. The zero-order valence-corrected chi connectivity index (χ0v) is 12.9. The van der Waals surface area contributed by atoms with Crippen molar-refractivity contribution in [3.63, 3.8) is 0 Å². The molecule has 0 amide bonds. The Morgan fingerprint density at radius 1 is 1.00 bits per heavy atom. The van der Waals surface area contributed by atoms with Crippen molar-refractivity contribution in [1.29, 1.82) is 0 Å². The molecule has 0 atom stereocenters. The molecule has 0 bridgehead atoms. The van der Waals surface area contributed by atoms with Crippen molar-refractivity contribution >= 4 is 5.82 Å². The lowest BCUT2D eigenvalue weighted by atomic mass is 10.2. The molecule has 1 aliphatic heterocycles. The van der Waals surface area contributed by atoms with Crippen LogP contribution in [-0.4, -0.2) is 36.1 Å². The molecule has 7 heteroatoms. The molecular formula is C17H17F4N3.